The number of β-lactam (4-membered cyclic amide) rings is 1. The molecule has 55 heavy (non-hydrogen) atoms. The van der Waals surface area contributed by atoms with Crippen LogP contribution < -0.4 is 15.3 Å². The number of alkyl halides is 3. The van der Waals surface area contributed by atoms with E-state index in [9.17, 15) is 32.3 Å². The lowest BCUT2D eigenvalue weighted by atomic mass is 9.78. The van der Waals surface area contributed by atoms with Crippen LogP contribution in [0.25, 0.3) is 0 Å². The summed E-state index contributed by atoms with van der Waals surface area (Å²) < 4.78 is 46.1. The molecule has 0 aliphatic carbocycles. The second kappa shape index (κ2) is 17.1. The third kappa shape index (κ3) is 9.96. The molecule has 4 aromatic rings. The molecular formula is C42H44F4N4O5. The summed E-state index contributed by atoms with van der Waals surface area (Å²) >= 11 is 0. The van der Waals surface area contributed by atoms with Crippen LogP contribution in [-0.4, -0.2) is 77.7 Å². The number of carbonyl (C=O) groups is 3. The van der Waals surface area contributed by atoms with Crippen LogP contribution in [0.5, 0.6) is 0 Å². The number of hydrogen-bond donors (Lipinski definition) is 2. The van der Waals surface area contributed by atoms with Crippen molar-refractivity contribution in [1.29, 1.82) is 0 Å². The van der Waals surface area contributed by atoms with Gasteiger partial charge in [-0.1, -0.05) is 78.9 Å². The van der Waals surface area contributed by atoms with Crippen LogP contribution in [-0.2, 0) is 33.9 Å². The largest absolute Gasteiger partial charge is 0.542 e. The number of aliphatic hydroxyl groups is 1. The Balaban J connectivity index is 0.000000672. The molecule has 2 N–H and O–H groups in total. The molecule has 0 spiro atoms. The van der Waals surface area contributed by atoms with Crippen molar-refractivity contribution in [3.63, 3.8) is 0 Å². The second-order valence-electron chi connectivity index (χ2n) is 14.5. The summed E-state index contributed by atoms with van der Waals surface area (Å²) in [5.74, 6) is -3.62. The third-order valence-electron chi connectivity index (χ3n) is 10.9. The fourth-order valence-corrected chi connectivity index (χ4v) is 7.68. The van der Waals surface area contributed by atoms with E-state index >= 15 is 0 Å². The van der Waals surface area contributed by atoms with Crippen LogP contribution in [0.4, 0.5) is 23.2 Å². The van der Waals surface area contributed by atoms with Crippen molar-refractivity contribution in [3.8, 4) is 0 Å². The minimum atomic E-state index is -5.19. The van der Waals surface area contributed by atoms with Crippen LogP contribution >= 0.6 is 0 Å². The van der Waals surface area contributed by atoms with Crippen molar-refractivity contribution >= 4 is 23.5 Å². The third-order valence-corrected chi connectivity index (χ3v) is 10.9. The van der Waals surface area contributed by atoms with E-state index < -0.39 is 18.2 Å². The molecule has 13 heteroatoms. The molecule has 4 aliphatic rings. The fourth-order valence-electron chi connectivity index (χ4n) is 7.68. The molecule has 0 radical (unpaired) electrons. The SMILES string of the molecule is O=C(Cc1ccc(C[N+]23CCN(CC2)CC3)cc1)NCc1ccc(N2C(=O)C(CCC(O)c3ccc(F)cc3)C2c2ccccc2)cc1.O=C([O-])C(F)(F)F. The Labute approximate surface area is 317 Å². The van der Waals surface area contributed by atoms with Gasteiger partial charge in [0.2, 0.25) is 11.8 Å². The molecule has 0 saturated carbocycles. The van der Waals surface area contributed by atoms with Gasteiger partial charge in [0.05, 0.1) is 44.1 Å². The number of anilines is 1. The van der Waals surface area contributed by atoms with Crippen LogP contribution in [0.15, 0.2) is 103 Å². The Kier molecular flexibility index (Phi) is 12.3. The average Bonchev–Trinajstić information content (AvgIpc) is 3.18. The van der Waals surface area contributed by atoms with E-state index in [1.165, 1.54) is 61.4 Å². The summed E-state index contributed by atoms with van der Waals surface area (Å²) in [6, 6.07) is 32.0. The van der Waals surface area contributed by atoms with E-state index in [0.717, 1.165) is 28.9 Å². The molecule has 9 nitrogen and oxygen atoms in total. The zero-order valence-corrected chi connectivity index (χ0v) is 30.3. The maximum atomic E-state index is 13.5. The molecule has 4 heterocycles. The first kappa shape index (κ1) is 39.6. The Morgan fingerprint density at radius 1 is 0.836 bits per heavy atom. The summed E-state index contributed by atoms with van der Waals surface area (Å²) in [6.07, 6.45) is -4.71. The minimum Gasteiger partial charge on any atom is -0.542 e. The lowest BCUT2D eigenvalue weighted by Gasteiger charge is -2.50. The number of amides is 2. The van der Waals surface area contributed by atoms with Crippen molar-refractivity contribution < 1.29 is 46.6 Å². The zero-order chi connectivity index (χ0) is 39.2. The van der Waals surface area contributed by atoms with Gasteiger partial charge in [0.15, 0.2) is 0 Å². The number of rotatable bonds is 12. The number of hydrogen-bond acceptors (Lipinski definition) is 6. The van der Waals surface area contributed by atoms with Gasteiger partial charge in [0, 0.05) is 37.4 Å². The molecule has 4 saturated heterocycles. The molecule has 3 atom stereocenters. The lowest BCUT2D eigenvalue weighted by molar-refractivity contribution is -0.953. The highest BCUT2D eigenvalue weighted by Crippen LogP contribution is 2.46. The van der Waals surface area contributed by atoms with Gasteiger partial charge in [0.1, 0.15) is 18.3 Å². The summed E-state index contributed by atoms with van der Waals surface area (Å²) in [7, 11) is 0. The number of carboxylic acids is 1. The van der Waals surface area contributed by atoms with Crippen molar-refractivity contribution in [2.24, 2.45) is 5.92 Å². The Morgan fingerprint density at radius 2 is 1.40 bits per heavy atom. The van der Waals surface area contributed by atoms with Crippen LogP contribution in [0.2, 0.25) is 0 Å². The second-order valence-corrected chi connectivity index (χ2v) is 14.5. The number of nitrogens with zero attached hydrogens (tertiary/aromatic N) is 3. The Hall–Kier alpha value is -5.11. The van der Waals surface area contributed by atoms with E-state index in [0.29, 0.717) is 31.4 Å². The highest BCUT2D eigenvalue weighted by Gasteiger charge is 2.48. The molecule has 2 bridgehead atoms. The first-order valence-corrected chi connectivity index (χ1v) is 18.4. The van der Waals surface area contributed by atoms with E-state index in [-0.39, 0.29) is 29.6 Å². The van der Waals surface area contributed by atoms with Gasteiger partial charge in [-0.25, -0.2) is 4.39 Å². The average molecular weight is 761 g/mol. The fraction of sp³-hybridized carbons (Fsp3) is 0.357. The first-order valence-electron chi connectivity index (χ1n) is 18.4. The van der Waals surface area contributed by atoms with Crippen molar-refractivity contribution in [3.05, 3.63) is 137 Å². The Morgan fingerprint density at radius 3 is 1.98 bits per heavy atom. The number of benzene rings is 4. The summed E-state index contributed by atoms with van der Waals surface area (Å²) in [5, 5.41) is 22.5. The van der Waals surface area contributed by atoms with E-state index in [4.69, 9.17) is 9.90 Å². The molecule has 8 rings (SSSR count). The van der Waals surface area contributed by atoms with Crippen molar-refractivity contribution in [2.75, 3.05) is 44.2 Å². The standard InChI is InChI=1S/C40H43FN4O3.C2HF3O2/c41-34-14-12-32(13-15-34)37(46)19-18-36-39(33-4-2-1-3-5-33)44(40(36)48)35-16-10-30(11-17-35)27-42-38(47)26-29-6-8-31(9-7-29)28-45-23-20-43(21-24-45)22-25-45;3-2(4,5)1(6)7/h1-17,36-37,39,46H,18-28H2;(H,6,7). The van der Waals surface area contributed by atoms with Crippen LogP contribution in [0.1, 0.15) is 52.8 Å². The summed E-state index contributed by atoms with van der Waals surface area (Å²) in [4.78, 5) is 39.5. The molecule has 4 aliphatic heterocycles. The van der Waals surface area contributed by atoms with Gasteiger partial charge in [0.25, 0.3) is 0 Å². The monoisotopic (exact) mass is 760 g/mol. The first-order chi connectivity index (χ1) is 26.3. The molecule has 0 aromatic heterocycles. The predicted molar refractivity (Wildman–Crippen MR) is 195 cm³/mol. The molecule has 4 fully saturated rings. The predicted octanol–water partition coefficient (Wildman–Crippen LogP) is 4.85. The maximum absolute atomic E-state index is 13.5. The Bertz CT molecular complexity index is 1900. The normalized spacial score (nSPS) is 22.2. The lowest BCUT2D eigenvalue weighted by Crippen LogP contribution is -2.66. The molecule has 290 valence electrons. The minimum absolute atomic E-state index is 0.0185. The van der Waals surface area contributed by atoms with Crippen LogP contribution in [0, 0.1) is 11.7 Å². The highest BCUT2D eigenvalue weighted by molar-refractivity contribution is 6.03. The number of nitrogens with one attached hydrogen (secondary N) is 1. The van der Waals surface area contributed by atoms with Gasteiger partial charge in [-0.15, -0.1) is 0 Å². The van der Waals surface area contributed by atoms with Crippen molar-refractivity contribution in [1.82, 2.24) is 10.2 Å². The van der Waals surface area contributed by atoms with Gasteiger partial charge in [-0.3, -0.25) is 14.5 Å². The number of aliphatic hydroxyl groups excluding tert-OH is 1. The van der Waals surface area contributed by atoms with Crippen LogP contribution in [0.3, 0.4) is 0 Å². The van der Waals surface area contributed by atoms with E-state index in [1.54, 1.807) is 12.1 Å². The van der Waals surface area contributed by atoms with Crippen molar-refractivity contribution in [2.45, 2.75) is 50.7 Å². The molecule has 2 amide bonds. The number of piperazine rings is 3. The number of halogens is 4. The number of carboxylic acid groups (broad SMARTS) is 1. The number of quaternary nitrogens is 1. The topological polar surface area (TPSA) is 113 Å². The molecule has 4 aromatic carbocycles. The smallest absolute Gasteiger partial charge is 0.430 e. The molecule has 3 unspecified atom stereocenters. The van der Waals surface area contributed by atoms with Gasteiger partial charge in [-0.05, 0) is 59.4 Å². The quantitative estimate of drug-likeness (QED) is 0.122. The maximum Gasteiger partial charge on any atom is 0.430 e. The van der Waals surface area contributed by atoms with E-state index in [1.807, 2.05) is 59.5 Å². The van der Waals surface area contributed by atoms with E-state index in [2.05, 4.69) is 34.5 Å². The number of carbonyl (C=O) groups excluding carboxylic acids is 3. The van der Waals surface area contributed by atoms with Gasteiger partial charge >= 0.3 is 6.18 Å². The summed E-state index contributed by atoms with van der Waals surface area (Å²) in [5.41, 5.74) is 5.81. The number of fused-ring (bicyclic) bond motifs is 3. The van der Waals surface area contributed by atoms with Gasteiger partial charge in [-0.2, -0.15) is 13.2 Å². The zero-order valence-electron chi connectivity index (χ0n) is 30.3. The molecular weight excluding hydrogens is 716 g/mol. The summed E-state index contributed by atoms with van der Waals surface area (Å²) in [6.45, 7) is 8.81. The van der Waals surface area contributed by atoms with Gasteiger partial charge < -0.3 is 29.7 Å². The highest BCUT2D eigenvalue weighted by atomic mass is 19.4. The number of aliphatic carboxylic acids is 1.